The highest BCUT2D eigenvalue weighted by atomic mass is 32.1. The van der Waals surface area contributed by atoms with Gasteiger partial charge in [0.1, 0.15) is 16.1 Å². The summed E-state index contributed by atoms with van der Waals surface area (Å²) < 4.78 is 11.6. The van der Waals surface area contributed by atoms with Crippen molar-refractivity contribution in [2.45, 2.75) is 50.1 Å². The first-order chi connectivity index (χ1) is 19.1. The van der Waals surface area contributed by atoms with E-state index in [4.69, 9.17) is 14.1 Å². The van der Waals surface area contributed by atoms with Crippen LogP contribution in [0.2, 0.25) is 0 Å². The van der Waals surface area contributed by atoms with Crippen molar-refractivity contribution in [1.29, 1.82) is 0 Å². The van der Waals surface area contributed by atoms with E-state index in [1.807, 2.05) is 42.5 Å². The number of aromatic nitrogens is 3. The van der Waals surface area contributed by atoms with Crippen LogP contribution in [0.3, 0.4) is 0 Å². The molecule has 2 atom stereocenters. The summed E-state index contributed by atoms with van der Waals surface area (Å²) in [7, 11) is 0. The zero-order valence-corrected chi connectivity index (χ0v) is 22.5. The van der Waals surface area contributed by atoms with Gasteiger partial charge in [0, 0.05) is 18.4 Å². The Kier molecular flexibility index (Phi) is 6.05. The van der Waals surface area contributed by atoms with Crippen LogP contribution >= 0.6 is 11.3 Å². The number of ether oxygens (including phenoxy) is 1. The molecule has 3 heterocycles. The molecule has 1 saturated heterocycles. The molecule has 0 unspecified atom stereocenters. The molecule has 4 aromatic rings. The third kappa shape index (κ3) is 4.77. The van der Waals surface area contributed by atoms with Gasteiger partial charge in [-0.25, -0.2) is 4.98 Å². The maximum Gasteiger partial charge on any atom is 0.316 e. The smallest absolute Gasteiger partial charge is 0.316 e. The minimum Gasteiger partial charge on any atom is -0.402 e. The predicted molar refractivity (Wildman–Crippen MR) is 151 cm³/mol. The van der Waals surface area contributed by atoms with Crippen LogP contribution in [0, 0.1) is 0 Å². The molecule has 39 heavy (non-hydrogen) atoms. The number of carbonyl (C=O) groups excluding carboxylic acids is 1. The molecule has 0 amide bonds. The van der Waals surface area contributed by atoms with Crippen LogP contribution in [-0.2, 0) is 21.4 Å². The van der Waals surface area contributed by atoms with Gasteiger partial charge in [0.25, 0.3) is 5.89 Å². The standard InChI is InChI=1S/C30H29N5O3S/c1-30(12-13-30)28-33-25(27(39-28)31-20-11-14-37-17-20)26-34-35-29(38-26)32-23-16-22(18-7-3-2-4-8-18)21-10-6-5-9-19(21)15-24(23)36/h2-10,16,20,23,31H,11-15,17H2,1H3,(H,32,35)/t20-,23+/m1/s1. The molecule has 2 aliphatic carbocycles. The first kappa shape index (κ1) is 24.2. The molecule has 1 saturated carbocycles. The molecule has 8 nitrogen and oxygen atoms in total. The second-order valence-electron chi connectivity index (χ2n) is 10.7. The summed E-state index contributed by atoms with van der Waals surface area (Å²) in [5, 5.41) is 17.4. The second-order valence-corrected chi connectivity index (χ2v) is 11.7. The molecule has 0 spiro atoms. The number of nitrogens with zero attached hydrogens (tertiary/aromatic N) is 3. The highest BCUT2D eigenvalue weighted by Gasteiger charge is 2.43. The molecule has 9 heteroatoms. The minimum absolute atomic E-state index is 0.0364. The van der Waals surface area contributed by atoms with Crippen LogP contribution in [0.4, 0.5) is 11.0 Å². The van der Waals surface area contributed by atoms with Gasteiger partial charge in [-0.15, -0.1) is 16.4 Å². The first-order valence-electron chi connectivity index (χ1n) is 13.4. The van der Waals surface area contributed by atoms with Gasteiger partial charge in [-0.3, -0.25) is 4.79 Å². The highest BCUT2D eigenvalue weighted by Crippen LogP contribution is 2.51. The first-order valence-corrected chi connectivity index (χ1v) is 14.2. The molecule has 7 rings (SSSR count). The largest absolute Gasteiger partial charge is 0.402 e. The molecule has 2 aromatic carbocycles. The van der Waals surface area contributed by atoms with Crippen LogP contribution in [0.1, 0.15) is 47.9 Å². The number of hydrogen-bond acceptors (Lipinski definition) is 9. The van der Waals surface area contributed by atoms with E-state index in [1.165, 1.54) is 0 Å². The van der Waals surface area contributed by atoms with Crippen molar-refractivity contribution in [1.82, 2.24) is 15.2 Å². The van der Waals surface area contributed by atoms with E-state index in [-0.39, 0.29) is 23.3 Å². The van der Waals surface area contributed by atoms with Gasteiger partial charge in [-0.05, 0) is 47.6 Å². The summed E-state index contributed by atoms with van der Waals surface area (Å²) in [6, 6.07) is 18.0. The van der Waals surface area contributed by atoms with E-state index in [2.05, 4.69) is 46.0 Å². The van der Waals surface area contributed by atoms with Gasteiger partial charge < -0.3 is 19.8 Å². The summed E-state index contributed by atoms with van der Waals surface area (Å²) in [6.45, 7) is 3.66. The number of carbonyl (C=O) groups is 1. The lowest BCUT2D eigenvalue weighted by Crippen LogP contribution is -2.28. The lowest BCUT2D eigenvalue weighted by atomic mass is 9.94. The van der Waals surface area contributed by atoms with Crippen molar-refractivity contribution in [3.8, 4) is 11.6 Å². The summed E-state index contributed by atoms with van der Waals surface area (Å²) >= 11 is 1.66. The lowest BCUT2D eigenvalue weighted by molar-refractivity contribution is -0.118. The fraction of sp³-hybridized carbons (Fsp3) is 0.333. The third-order valence-corrected chi connectivity index (χ3v) is 9.04. The average Bonchev–Trinajstić information content (AvgIpc) is 3.33. The van der Waals surface area contributed by atoms with Gasteiger partial charge in [0.15, 0.2) is 11.5 Å². The molecule has 198 valence electrons. The molecule has 3 aliphatic rings. The Morgan fingerprint density at radius 1 is 1.03 bits per heavy atom. The van der Waals surface area contributed by atoms with Crippen molar-refractivity contribution < 1.29 is 13.9 Å². The summed E-state index contributed by atoms with van der Waals surface area (Å²) in [5.41, 5.74) is 4.89. The highest BCUT2D eigenvalue weighted by molar-refractivity contribution is 7.16. The summed E-state index contributed by atoms with van der Waals surface area (Å²) in [4.78, 5) is 18.3. The Morgan fingerprint density at radius 3 is 2.64 bits per heavy atom. The molecule has 2 N–H and O–H groups in total. The van der Waals surface area contributed by atoms with Crippen molar-refractivity contribution in [3.63, 3.8) is 0 Å². The Balaban J connectivity index is 1.20. The van der Waals surface area contributed by atoms with Crippen molar-refractivity contribution in [3.05, 3.63) is 82.4 Å². The fourth-order valence-corrected chi connectivity index (χ4v) is 6.38. The Labute approximate surface area is 230 Å². The van der Waals surface area contributed by atoms with Crippen LogP contribution in [0.25, 0.3) is 17.2 Å². The number of hydrogen-bond donors (Lipinski definition) is 2. The summed E-state index contributed by atoms with van der Waals surface area (Å²) in [6.07, 6.45) is 5.49. The third-order valence-electron chi connectivity index (χ3n) is 7.75. The number of ketones is 1. The number of rotatable bonds is 7. The van der Waals surface area contributed by atoms with E-state index in [1.54, 1.807) is 11.3 Å². The maximum absolute atomic E-state index is 13.4. The molecule has 0 bridgehead atoms. The van der Waals surface area contributed by atoms with Gasteiger partial charge >= 0.3 is 6.01 Å². The fourth-order valence-electron chi connectivity index (χ4n) is 5.14. The molecule has 0 radical (unpaired) electrons. The molecular weight excluding hydrogens is 510 g/mol. The van der Waals surface area contributed by atoms with E-state index >= 15 is 0 Å². The maximum atomic E-state index is 13.4. The van der Waals surface area contributed by atoms with Gasteiger partial charge in [0.05, 0.1) is 12.6 Å². The predicted octanol–water partition coefficient (Wildman–Crippen LogP) is 5.48. The lowest BCUT2D eigenvalue weighted by Gasteiger charge is -2.12. The van der Waals surface area contributed by atoms with Crippen molar-refractivity contribution >= 4 is 33.7 Å². The minimum atomic E-state index is -0.620. The second kappa shape index (κ2) is 9.73. The molecular formula is C30H29N5O3S. The SMILES string of the molecule is CC1(c2nc(-c3nnc(N[C@H]4C=C(c5ccccc5)c5ccccc5CC4=O)o3)c(N[C@@H]3CCOC3)s2)CC1. The zero-order chi connectivity index (χ0) is 26.4. The number of thiazole rings is 1. The number of anilines is 2. The normalized spacial score (nSPS) is 21.7. The quantitative estimate of drug-likeness (QED) is 0.318. The molecule has 1 aliphatic heterocycles. The van der Waals surface area contributed by atoms with E-state index < -0.39 is 6.04 Å². The number of fused-ring (bicyclic) bond motifs is 1. The number of nitrogens with one attached hydrogen (secondary N) is 2. The van der Waals surface area contributed by atoms with E-state index in [0.29, 0.717) is 24.6 Å². The monoisotopic (exact) mass is 539 g/mol. The Bertz CT molecular complexity index is 1550. The number of Topliss-reactive ketones (excluding diaryl/α,β-unsaturated/α-hetero) is 1. The van der Waals surface area contributed by atoms with Crippen LogP contribution < -0.4 is 10.6 Å². The topological polar surface area (TPSA) is 102 Å². The van der Waals surface area contributed by atoms with Crippen molar-refractivity contribution in [2.24, 2.45) is 0 Å². The van der Waals surface area contributed by atoms with Crippen molar-refractivity contribution in [2.75, 3.05) is 23.8 Å². The van der Waals surface area contributed by atoms with Gasteiger partial charge in [-0.2, -0.15) is 0 Å². The summed E-state index contributed by atoms with van der Waals surface area (Å²) in [5.74, 6) is 0.372. The van der Waals surface area contributed by atoms with E-state index in [9.17, 15) is 4.79 Å². The van der Waals surface area contributed by atoms with Crippen LogP contribution in [0.15, 0.2) is 65.1 Å². The zero-order valence-electron chi connectivity index (χ0n) is 21.6. The Morgan fingerprint density at radius 2 is 1.85 bits per heavy atom. The van der Waals surface area contributed by atoms with Crippen LogP contribution in [-0.4, -0.2) is 46.3 Å². The van der Waals surface area contributed by atoms with Crippen LogP contribution in [0.5, 0.6) is 0 Å². The number of benzene rings is 2. The van der Waals surface area contributed by atoms with Gasteiger partial charge in [-0.1, -0.05) is 66.6 Å². The Hall–Kier alpha value is -3.82. The van der Waals surface area contributed by atoms with E-state index in [0.717, 1.165) is 58.1 Å². The molecule has 2 aromatic heterocycles. The average molecular weight is 540 g/mol. The molecule has 2 fully saturated rings. The van der Waals surface area contributed by atoms with Gasteiger partial charge in [0.2, 0.25) is 0 Å².